The highest BCUT2D eigenvalue weighted by atomic mass is 32.2. The van der Waals surface area contributed by atoms with Crippen LogP contribution in [0.4, 0.5) is 0 Å². The van der Waals surface area contributed by atoms with Gasteiger partial charge in [0, 0.05) is 19.0 Å². The Hall–Kier alpha value is -1.15. The summed E-state index contributed by atoms with van der Waals surface area (Å²) in [6.07, 6.45) is 1.19. The van der Waals surface area contributed by atoms with Gasteiger partial charge < -0.3 is 10.4 Å². The number of nitrogens with one attached hydrogen (secondary N) is 1. The molecule has 0 spiro atoms. The van der Waals surface area contributed by atoms with Crippen LogP contribution in [0.2, 0.25) is 0 Å². The van der Waals surface area contributed by atoms with Crippen molar-refractivity contribution >= 4 is 21.9 Å². The van der Waals surface area contributed by atoms with Crippen LogP contribution in [0, 0.1) is 5.92 Å². The third-order valence-electron chi connectivity index (χ3n) is 3.61. The molecule has 1 aliphatic heterocycles. The van der Waals surface area contributed by atoms with E-state index in [9.17, 15) is 18.0 Å². The Morgan fingerprint density at radius 3 is 2.25 bits per heavy atom. The van der Waals surface area contributed by atoms with E-state index in [2.05, 4.69) is 5.32 Å². The van der Waals surface area contributed by atoms with E-state index in [1.54, 1.807) is 13.8 Å². The third-order valence-corrected chi connectivity index (χ3v) is 5.49. The van der Waals surface area contributed by atoms with Gasteiger partial charge in [-0.3, -0.25) is 4.79 Å². The fourth-order valence-electron chi connectivity index (χ4n) is 2.21. The second-order valence-electron chi connectivity index (χ2n) is 4.88. The molecular formula is C12H22N2O5S. The SMILES string of the molecule is CC[C@H](NC(=O)C1CCN(S(=O)(=O)CC)CC1)C(=O)O. The molecule has 1 fully saturated rings. The number of hydrogen-bond donors (Lipinski definition) is 2. The summed E-state index contributed by atoms with van der Waals surface area (Å²) in [5.41, 5.74) is 0. The maximum absolute atomic E-state index is 12.0. The Morgan fingerprint density at radius 2 is 1.85 bits per heavy atom. The predicted octanol–water partition coefficient (Wildman–Crippen LogP) is 0.0275. The number of nitrogens with zero attached hydrogens (tertiary/aromatic N) is 1. The zero-order valence-corrected chi connectivity index (χ0v) is 12.6. The first-order valence-electron chi connectivity index (χ1n) is 6.82. The van der Waals surface area contributed by atoms with Gasteiger partial charge in [0.1, 0.15) is 6.04 Å². The molecule has 0 bridgehead atoms. The second-order valence-corrected chi connectivity index (χ2v) is 7.14. The first-order chi connectivity index (χ1) is 9.31. The van der Waals surface area contributed by atoms with Crippen molar-refractivity contribution in [2.24, 2.45) is 5.92 Å². The van der Waals surface area contributed by atoms with Crippen LogP contribution in [0.1, 0.15) is 33.1 Å². The Kier molecular flexibility index (Phi) is 5.94. The minimum absolute atomic E-state index is 0.0563. The van der Waals surface area contributed by atoms with E-state index in [1.165, 1.54) is 4.31 Å². The van der Waals surface area contributed by atoms with E-state index in [0.717, 1.165) is 0 Å². The molecule has 0 aromatic rings. The molecule has 0 saturated carbocycles. The lowest BCUT2D eigenvalue weighted by molar-refractivity contribution is -0.142. The number of carbonyl (C=O) groups excluding carboxylic acids is 1. The second kappa shape index (κ2) is 7.03. The van der Waals surface area contributed by atoms with Crippen molar-refractivity contribution in [3.63, 3.8) is 0 Å². The van der Waals surface area contributed by atoms with Gasteiger partial charge in [-0.25, -0.2) is 17.5 Å². The monoisotopic (exact) mass is 306 g/mol. The molecule has 0 aromatic carbocycles. The Balaban J connectivity index is 2.53. The first kappa shape index (κ1) is 16.9. The first-order valence-corrected chi connectivity index (χ1v) is 8.43. The molecular weight excluding hydrogens is 284 g/mol. The van der Waals surface area contributed by atoms with Crippen molar-refractivity contribution in [2.45, 2.75) is 39.2 Å². The van der Waals surface area contributed by atoms with Crippen LogP contribution in [-0.4, -0.2) is 54.6 Å². The number of aliphatic carboxylic acids is 1. The highest BCUT2D eigenvalue weighted by molar-refractivity contribution is 7.89. The van der Waals surface area contributed by atoms with E-state index in [-0.39, 0.29) is 17.6 Å². The topological polar surface area (TPSA) is 104 Å². The molecule has 8 heteroatoms. The Morgan fingerprint density at radius 1 is 1.30 bits per heavy atom. The molecule has 2 N–H and O–H groups in total. The molecule has 1 heterocycles. The van der Waals surface area contributed by atoms with Crippen LogP contribution in [-0.2, 0) is 19.6 Å². The predicted molar refractivity (Wildman–Crippen MR) is 73.6 cm³/mol. The summed E-state index contributed by atoms with van der Waals surface area (Å²) in [7, 11) is -3.20. The Bertz CT molecular complexity index is 454. The number of carbonyl (C=O) groups is 2. The van der Waals surface area contributed by atoms with Gasteiger partial charge in [0.25, 0.3) is 0 Å². The van der Waals surface area contributed by atoms with Gasteiger partial charge in [0.2, 0.25) is 15.9 Å². The van der Waals surface area contributed by atoms with Gasteiger partial charge in [-0.1, -0.05) is 6.92 Å². The van der Waals surface area contributed by atoms with E-state index in [4.69, 9.17) is 5.11 Å². The van der Waals surface area contributed by atoms with Crippen LogP contribution < -0.4 is 5.32 Å². The van der Waals surface area contributed by atoms with Gasteiger partial charge in [0.05, 0.1) is 5.75 Å². The molecule has 0 aliphatic carbocycles. The highest BCUT2D eigenvalue weighted by Gasteiger charge is 2.31. The molecule has 20 heavy (non-hydrogen) atoms. The molecule has 0 unspecified atom stereocenters. The van der Waals surface area contributed by atoms with Crippen molar-refractivity contribution in [2.75, 3.05) is 18.8 Å². The lowest BCUT2D eigenvalue weighted by Gasteiger charge is -2.30. The summed E-state index contributed by atoms with van der Waals surface area (Å²) in [4.78, 5) is 22.8. The summed E-state index contributed by atoms with van der Waals surface area (Å²) < 4.78 is 24.8. The number of carboxylic acids is 1. The molecule has 116 valence electrons. The molecule has 0 aromatic heterocycles. The van der Waals surface area contributed by atoms with E-state index in [0.29, 0.717) is 32.4 Å². The van der Waals surface area contributed by atoms with E-state index >= 15 is 0 Å². The largest absolute Gasteiger partial charge is 0.480 e. The van der Waals surface area contributed by atoms with Gasteiger partial charge in [-0.15, -0.1) is 0 Å². The lowest BCUT2D eigenvalue weighted by atomic mass is 9.97. The van der Waals surface area contributed by atoms with Crippen LogP contribution in [0.25, 0.3) is 0 Å². The van der Waals surface area contributed by atoms with Crippen molar-refractivity contribution in [3.05, 3.63) is 0 Å². The van der Waals surface area contributed by atoms with Crippen LogP contribution in [0.3, 0.4) is 0 Å². The van der Waals surface area contributed by atoms with Gasteiger partial charge in [0.15, 0.2) is 0 Å². The summed E-state index contributed by atoms with van der Waals surface area (Å²) in [5, 5.41) is 11.4. The average molecular weight is 306 g/mol. The summed E-state index contributed by atoms with van der Waals surface area (Å²) >= 11 is 0. The normalized spacial score (nSPS) is 19.5. The maximum atomic E-state index is 12.0. The zero-order valence-electron chi connectivity index (χ0n) is 11.8. The standard InChI is InChI=1S/C12H22N2O5S/c1-3-10(12(16)17)13-11(15)9-5-7-14(8-6-9)20(18,19)4-2/h9-10H,3-8H2,1-2H3,(H,13,15)(H,16,17)/t10-/m0/s1. The van der Waals surface area contributed by atoms with Gasteiger partial charge in [-0.2, -0.15) is 0 Å². The van der Waals surface area contributed by atoms with Gasteiger partial charge >= 0.3 is 5.97 Å². The third kappa shape index (κ3) is 4.17. The van der Waals surface area contributed by atoms with Crippen molar-refractivity contribution in [3.8, 4) is 0 Å². The molecule has 7 nitrogen and oxygen atoms in total. The molecule has 1 aliphatic rings. The number of rotatable bonds is 6. The number of sulfonamides is 1. The summed E-state index contributed by atoms with van der Waals surface area (Å²) in [6.45, 7) is 3.92. The van der Waals surface area contributed by atoms with Crippen molar-refractivity contribution in [1.29, 1.82) is 0 Å². The number of piperidine rings is 1. The fraction of sp³-hybridized carbons (Fsp3) is 0.833. The summed E-state index contributed by atoms with van der Waals surface area (Å²) in [5.74, 6) is -1.60. The zero-order chi connectivity index (χ0) is 15.3. The minimum Gasteiger partial charge on any atom is -0.480 e. The minimum atomic E-state index is -3.20. The van der Waals surface area contributed by atoms with Crippen LogP contribution in [0.5, 0.6) is 0 Å². The van der Waals surface area contributed by atoms with Crippen LogP contribution in [0.15, 0.2) is 0 Å². The number of amides is 1. The molecule has 0 radical (unpaired) electrons. The summed E-state index contributed by atoms with van der Waals surface area (Å²) in [6, 6.07) is -0.875. The smallest absolute Gasteiger partial charge is 0.326 e. The molecule has 1 rings (SSSR count). The lowest BCUT2D eigenvalue weighted by Crippen LogP contribution is -2.47. The maximum Gasteiger partial charge on any atom is 0.326 e. The van der Waals surface area contributed by atoms with Crippen LogP contribution >= 0.6 is 0 Å². The van der Waals surface area contributed by atoms with Crippen molar-refractivity contribution in [1.82, 2.24) is 9.62 Å². The van der Waals surface area contributed by atoms with E-state index < -0.39 is 22.0 Å². The molecule has 1 atom stereocenters. The Labute approximate surface area is 119 Å². The highest BCUT2D eigenvalue weighted by Crippen LogP contribution is 2.20. The molecule has 1 saturated heterocycles. The number of carboxylic acid groups (broad SMARTS) is 1. The van der Waals surface area contributed by atoms with E-state index in [1.807, 2.05) is 0 Å². The fourth-order valence-corrected chi connectivity index (χ4v) is 3.34. The average Bonchev–Trinajstić information content (AvgIpc) is 2.44. The number of hydrogen-bond acceptors (Lipinski definition) is 4. The van der Waals surface area contributed by atoms with Crippen molar-refractivity contribution < 1.29 is 23.1 Å². The quantitative estimate of drug-likeness (QED) is 0.720. The van der Waals surface area contributed by atoms with Gasteiger partial charge in [-0.05, 0) is 26.2 Å². The molecule has 1 amide bonds.